The number of ether oxygens (including phenoxy) is 2. The summed E-state index contributed by atoms with van der Waals surface area (Å²) >= 11 is 1.87. The number of thioether (sulfide) groups is 1. The van der Waals surface area contributed by atoms with Crippen LogP contribution in [-0.4, -0.2) is 90.8 Å². The van der Waals surface area contributed by atoms with Gasteiger partial charge in [0.1, 0.15) is 12.3 Å². The smallest absolute Gasteiger partial charge is 0.377 e. The number of amides is 4. The molecule has 0 saturated carbocycles. The molecule has 2 saturated heterocycles. The van der Waals surface area contributed by atoms with Crippen molar-refractivity contribution in [3.63, 3.8) is 0 Å². The molecule has 1 aromatic heterocycles. The normalized spacial score (nSPS) is 18.9. The van der Waals surface area contributed by atoms with Crippen molar-refractivity contribution in [2.45, 2.75) is 62.9 Å². The van der Waals surface area contributed by atoms with Crippen LogP contribution in [0, 0.1) is 0 Å². The molecule has 2 fully saturated rings. The number of unbranched alkanes of at least 4 members (excludes halogenated alkanes) is 1. The number of urea groups is 1. The molecule has 0 aliphatic carbocycles. The Morgan fingerprint density at radius 3 is 2.45 bits per heavy atom. The lowest BCUT2D eigenvalue weighted by atomic mass is 10.0. The van der Waals surface area contributed by atoms with Crippen LogP contribution >= 0.6 is 11.8 Å². The number of Topliss-reactive ketones (excluding diaryl/α,β-unsaturated/α-hetero) is 1. The van der Waals surface area contributed by atoms with E-state index < -0.39 is 17.3 Å². The van der Waals surface area contributed by atoms with Crippen LogP contribution in [0.25, 0.3) is 10.9 Å². The molecule has 0 radical (unpaired) electrons. The highest BCUT2D eigenvalue weighted by molar-refractivity contribution is 8.00. The van der Waals surface area contributed by atoms with Gasteiger partial charge in [-0.05, 0) is 37.5 Å². The predicted octanol–water partition coefficient (Wildman–Crippen LogP) is 0.0776. The molecule has 3 unspecified atom stereocenters. The average molecular weight is 634 g/mol. The van der Waals surface area contributed by atoms with E-state index in [1.54, 1.807) is 6.07 Å². The molecule has 4 amide bonds. The Balaban J connectivity index is 1.01. The predicted molar refractivity (Wildman–Crippen MR) is 163 cm³/mol. The average Bonchev–Trinajstić information content (AvgIpc) is 3.53. The number of benzene rings is 1. The van der Waals surface area contributed by atoms with E-state index in [4.69, 9.17) is 13.9 Å². The second kappa shape index (κ2) is 16.4. The van der Waals surface area contributed by atoms with Crippen LogP contribution in [0.1, 0.15) is 38.2 Å². The van der Waals surface area contributed by atoms with Crippen molar-refractivity contribution in [3.05, 3.63) is 44.7 Å². The number of rotatable bonds is 18. The number of ketones is 1. The van der Waals surface area contributed by atoms with Gasteiger partial charge in [0.15, 0.2) is 0 Å². The topological polar surface area (TPSA) is 187 Å². The van der Waals surface area contributed by atoms with Gasteiger partial charge < -0.3 is 35.2 Å². The van der Waals surface area contributed by atoms with Crippen LogP contribution in [0.4, 0.5) is 4.79 Å². The highest BCUT2D eigenvalue weighted by atomic mass is 32.2. The molecule has 4 N–H and O–H groups in total. The second-order valence-electron chi connectivity index (χ2n) is 10.8. The number of hydrogen-bond donors (Lipinski definition) is 4. The lowest BCUT2D eigenvalue weighted by molar-refractivity contribution is -0.122. The number of carbonyl (C=O) groups is 4. The molecule has 2 aliphatic heterocycles. The zero-order valence-electron chi connectivity index (χ0n) is 24.7. The number of nitrogens with one attached hydrogen (secondary N) is 4. The van der Waals surface area contributed by atoms with Crippen molar-refractivity contribution in [3.8, 4) is 0 Å². The summed E-state index contributed by atoms with van der Waals surface area (Å²) in [4.78, 5) is 71.7. The Bertz CT molecular complexity index is 1460. The Morgan fingerprint density at radius 1 is 1.00 bits per heavy atom. The summed E-state index contributed by atoms with van der Waals surface area (Å²) in [7, 11) is 0. The quantitative estimate of drug-likeness (QED) is 0.129. The second-order valence-corrected chi connectivity index (χ2v) is 12.0. The van der Waals surface area contributed by atoms with Crippen molar-refractivity contribution in [2.24, 2.45) is 0 Å². The summed E-state index contributed by atoms with van der Waals surface area (Å²) in [5, 5.41) is 11.9. The largest absolute Gasteiger partial charge is 0.422 e. The number of carbonyl (C=O) groups excluding carboxylic acids is 4. The van der Waals surface area contributed by atoms with Crippen molar-refractivity contribution in [2.75, 3.05) is 45.3 Å². The third kappa shape index (κ3) is 9.66. The van der Waals surface area contributed by atoms with Gasteiger partial charge in [0.25, 0.3) is 0 Å². The van der Waals surface area contributed by atoms with E-state index >= 15 is 0 Å². The first-order valence-corrected chi connectivity index (χ1v) is 15.8. The fraction of sp³-hybridized carbons (Fsp3) is 0.586. The van der Waals surface area contributed by atoms with E-state index in [1.165, 1.54) is 19.1 Å². The number of hydrogen-bond acceptors (Lipinski definition) is 10. The van der Waals surface area contributed by atoms with Gasteiger partial charge >= 0.3 is 17.4 Å². The van der Waals surface area contributed by atoms with Gasteiger partial charge in [-0.1, -0.05) is 12.5 Å². The van der Waals surface area contributed by atoms with Gasteiger partial charge in [0, 0.05) is 36.9 Å². The van der Waals surface area contributed by atoms with Crippen LogP contribution in [0.15, 0.2) is 32.2 Å². The molecule has 15 heteroatoms. The van der Waals surface area contributed by atoms with E-state index in [0.29, 0.717) is 43.6 Å². The summed E-state index contributed by atoms with van der Waals surface area (Å²) in [5.41, 5.74) is 0.0272. The number of aromatic nitrogens is 1. The van der Waals surface area contributed by atoms with Crippen LogP contribution in [0.5, 0.6) is 0 Å². The Morgan fingerprint density at radius 2 is 1.73 bits per heavy atom. The molecule has 0 spiro atoms. The van der Waals surface area contributed by atoms with E-state index in [9.17, 15) is 28.8 Å². The van der Waals surface area contributed by atoms with Crippen LogP contribution in [0.2, 0.25) is 0 Å². The maximum absolute atomic E-state index is 12.4. The van der Waals surface area contributed by atoms with Crippen LogP contribution in [0.3, 0.4) is 0 Å². The summed E-state index contributed by atoms with van der Waals surface area (Å²) in [5.74, 6) is -0.566. The molecule has 1 aromatic carbocycles. The maximum atomic E-state index is 12.4. The van der Waals surface area contributed by atoms with E-state index in [0.717, 1.165) is 29.6 Å². The van der Waals surface area contributed by atoms with Gasteiger partial charge in [-0.3, -0.25) is 19.0 Å². The summed E-state index contributed by atoms with van der Waals surface area (Å²) in [6, 6.07) is 4.97. The van der Waals surface area contributed by atoms with Crippen molar-refractivity contribution >= 4 is 46.3 Å². The molecule has 2 aromatic rings. The molecular weight excluding hydrogens is 594 g/mol. The molecule has 0 bridgehead atoms. The zero-order valence-corrected chi connectivity index (χ0v) is 25.5. The van der Waals surface area contributed by atoms with E-state index in [1.807, 2.05) is 11.8 Å². The summed E-state index contributed by atoms with van der Waals surface area (Å²) < 4.78 is 16.7. The van der Waals surface area contributed by atoms with E-state index in [2.05, 4.69) is 21.3 Å². The van der Waals surface area contributed by atoms with Gasteiger partial charge in [-0.25, -0.2) is 14.4 Å². The number of nitrogens with zero attached hydrogens (tertiary/aromatic N) is 1. The summed E-state index contributed by atoms with van der Waals surface area (Å²) in [6.07, 6.45) is 3.30. The fourth-order valence-corrected chi connectivity index (χ4v) is 6.77. The molecule has 3 atom stereocenters. The minimum Gasteiger partial charge on any atom is -0.377 e. The Hall–Kier alpha value is -3.69. The fourth-order valence-electron chi connectivity index (χ4n) is 5.23. The summed E-state index contributed by atoms with van der Waals surface area (Å²) in [6.45, 7) is 2.90. The molecule has 3 heterocycles. The molecule has 44 heavy (non-hydrogen) atoms. The Kier molecular flexibility index (Phi) is 12.4. The lowest BCUT2D eigenvalue weighted by Crippen LogP contribution is -2.36. The molecular formula is C29H39N5O9S. The number of fused-ring (bicyclic) bond motifs is 2. The molecule has 4 rings (SSSR count). The van der Waals surface area contributed by atoms with Crippen LogP contribution in [-0.2, 0) is 36.8 Å². The maximum Gasteiger partial charge on any atom is 0.422 e. The lowest BCUT2D eigenvalue weighted by Gasteiger charge is -2.16. The third-order valence-electron chi connectivity index (χ3n) is 7.32. The monoisotopic (exact) mass is 633 g/mol. The first kappa shape index (κ1) is 33.2. The SMILES string of the molecule is CC(=O)Cc1ccc2c(c1)c(=O)oc(=O)n2CC(=O)NCCOCCOCCNC(=O)CCCCC1SCC2NC(=O)NC21. The van der Waals surface area contributed by atoms with Crippen LogP contribution < -0.4 is 32.6 Å². The van der Waals surface area contributed by atoms with Crippen molar-refractivity contribution < 1.29 is 33.1 Å². The van der Waals surface area contributed by atoms with Gasteiger partial charge in [0.2, 0.25) is 11.8 Å². The van der Waals surface area contributed by atoms with Gasteiger partial charge in [-0.2, -0.15) is 11.8 Å². The standard InChI is InChI=1S/C29H39N5O9S/c1-18(35)14-19-6-7-22-20(15-19)27(38)43-29(40)34(22)16-25(37)31-9-11-42-13-12-41-10-8-30-24(36)5-3-2-4-23-26-21(17-44-23)32-28(39)33-26/h6-7,15,21,23,26H,2-5,8-14,16-17H2,1H3,(H,30,36)(H,31,37)(H2,32,33,39). The zero-order chi connectivity index (χ0) is 31.5. The molecule has 14 nitrogen and oxygen atoms in total. The third-order valence-corrected chi connectivity index (χ3v) is 8.83. The van der Waals surface area contributed by atoms with Gasteiger partial charge in [-0.15, -0.1) is 0 Å². The minimum absolute atomic E-state index is 0.0148. The highest BCUT2D eigenvalue weighted by Gasteiger charge is 2.42. The van der Waals surface area contributed by atoms with Crippen molar-refractivity contribution in [1.82, 2.24) is 25.8 Å². The van der Waals surface area contributed by atoms with Crippen molar-refractivity contribution in [1.29, 1.82) is 0 Å². The first-order chi connectivity index (χ1) is 21.2. The van der Waals surface area contributed by atoms with Gasteiger partial charge in [0.05, 0.1) is 49.4 Å². The first-order valence-electron chi connectivity index (χ1n) is 14.7. The van der Waals surface area contributed by atoms with E-state index in [-0.39, 0.29) is 66.8 Å². The molecule has 2 aliphatic rings. The minimum atomic E-state index is -0.947. The highest BCUT2D eigenvalue weighted by Crippen LogP contribution is 2.33. The molecule has 240 valence electrons. The Labute approximate surface area is 258 Å².